The number of carbonyl (C=O) groups is 2. The van der Waals surface area contributed by atoms with Gasteiger partial charge in [0.15, 0.2) is 6.10 Å². The molecule has 2 aliphatic rings. The second-order valence-electron chi connectivity index (χ2n) is 10.7. The number of carbonyl (C=O) groups excluding carboxylic acids is 2. The van der Waals surface area contributed by atoms with E-state index in [1.807, 2.05) is 37.8 Å². The molecule has 2 fully saturated rings. The maximum Gasteiger partial charge on any atom is 0.410 e. The molecule has 1 aliphatic carbocycles. The third kappa shape index (κ3) is 6.35. The number of hydrogen-bond donors (Lipinski definition) is 0. The number of aromatic nitrogens is 1. The van der Waals surface area contributed by atoms with E-state index in [0.29, 0.717) is 19.7 Å². The van der Waals surface area contributed by atoms with Crippen LogP contribution in [0.25, 0.3) is 10.9 Å². The number of aryl methyl sites for hydroxylation is 1. The Morgan fingerprint density at radius 1 is 1.23 bits per heavy atom. The zero-order valence-electron chi connectivity index (χ0n) is 21.7. The van der Waals surface area contributed by atoms with Gasteiger partial charge in [0.1, 0.15) is 5.60 Å². The summed E-state index contributed by atoms with van der Waals surface area (Å²) in [7, 11) is 1.74. The van der Waals surface area contributed by atoms with Gasteiger partial charge in [-0.15, -0.1) is 0 Å². The van der Waals surface area contributed by atoms with Crippen LogP contribution in [0.2, 0.25) is 0 Å². The number of amides is 2. The molecule has 2 heterocycles. The number of morpholine rings is 1. The topological polar surface area (TPSA) is 73.2 Å². The van der Waals surface area contributed by atoms with Crippen molar-refractivity contribution in [3.8, 4) is 0 Å². The molecular formula is C27H39N3O5. The van der Waals surface area contributed by atoms with E-state index in [9.17, 15) is 9.59 Å². The van der Waals surface area contributed by atoms with Gasteiger partial charge in [0.25, 0.3) is 5.91 Å². The van der Waals surface area contributed by atoms with Gasteiger partial charge in [-0.3, -0.25) is 4.79 Å². The highest BCUT2D eigenvalue weighted by Gasteiger charge is 2.39. The van der Waals surface area contributed by atoms with Crippen LogP contribution < -0.4 is 0 Å². The van der Waals surface area contributed by atoms with Crippen molar-refractivity contribution in [1.82, 2.24) is 14.4 Å². The highest BCUT2D eigenvalue weighted by atomic mass is 16.6. The summed E-state index contributed by atoms with van der Waals surface area (Å²) in [6.45, 7) is 9.95. The summed E-state index contributed by atoms with van der Waals surface area (Å²) in [5.41, 5.74) is 1.72. The summed E-state index contributed by atoms with van der Waals surface area (Å²) in [5.74, 6) is -0.0504. The average Bonchev–Trinajstić information content (AvgIpc) is 3.62. The Hall–Kier alpha value is -2.58. The second-order valence-corrected chi connectivity index (χ2v) is 10.7. The second kappa shape index (κ2) is 10.6. The first-order valence-electron chi connectivity index (χ1n) is 12.7. The van der Waals surface area contributed by atoms with Gasteiger partial charge in [-0.2, -0.15) is 0 Å². The van der Waals surface area contributed by atoms with Crippen LogP contribution in [-0.2, 0) is 32.1 Å². The molecule has 35 heavy (non-hydrogen) atoms. The summed E-state index contributed by atoms with van der Waals surface area (Å²) in [6, 6.07) is 8.56. The van der Waals surface area contributed by atoms with E-state index in [1.54, 1.807) is 12.0 Å². The third-order valence-electron chi connectivity index (χ3n) is 6.65. The minimum absolute atomic E-state index is 0.0504. The van der Waals surface area contributed by atoms with Crippen LogP contribution >= 0.6 is 0 Å². The predicted molar refractivity (Wildman–Crippen MR) is 134 cm³/mol. The quantitative estimate of drug-likeness (QED) is 0.561. The fraction of sp³-hybridized carbons (Fsp3) is 0.630. The fourth-order valence-electron chi connectivity index (χ4n) is 4.51. The minimum Gasteiger partial charge on any atom is -0.444 e. The molecule has 1 saturated heterocycles. The molecule has 2 amide bonds. The van der Waals surface area contributed by atoms with Gasteiger partial charge >= 0.3 is 6.09 Å². The van der Waals surface area contributed by atoms with E-state index in [0.717, 1.165) is 36.8 Å². The van der Waals surface area contributed by atoms with Crippen molar-refractivity contribution in [2.45, 2.75) is 83.9 Å². The Kier molecular flexibility index (Phi) is 7.71. The van der Waals surface area contributed by atoms with Crippen molar-refractivity contribution in [2.75, 3.05) is 26.8 Å². The van der Waals surface area contributed by atoms with Crippen LogP contribution in [0.1, 0.15) is 52.5 Å². The molecule has 8 nitrogen and oxygen atoms in total. The highest BCUT2D eigenvalue weighted by Crippen LogP contribution is 2.32. The van der Waals surface area contributed by atoms with Crippen molar-refractivity contribution < 1.29 is 23.8 Å². The van der Waals surface area contributed by atoms with Crippen LogP contribution in [-0.4, -0.2) is 77.0 Å². The molecule has 4 rings (SSSR count). The Balaban J connectivity index is 1.50. The van der Waals surface area contributed by atoms with E-state index in [1.165, 1.54) is 5.52 Å². The zero-order chi connectivity index (χ0) is 25.2. The first-order chi connectivity index (χ1) is 16.7. The standard InChI is InChI=1S/C27H39N3O5/c1-19(33-5)12-13-28-16-20(22-8-6-7-9-23(22)28)17-30(21-10-11-21)25(31)24-18-29(14-15-34-24)26(32)35-27(2,3)4/h6-9,16,19,21,24H,10-15,17-18H2,1-5H3. The lowest BCUT2D eigenvalue weighted by molar-refractivity contribution is -0.150. The lowest BCUT2D eigenvalue weighted by atomic mass is 10.1. The first-order valence-corrected chi connectivity index (χ1v) is 12.7. The number of benzene rings is 1. The van der Waals surface area contributed by atoms with Crippen molar-refractivity contribution in [3.63, 3.8) is 0 Å². The number of methoxy groups -OCH3 is 1. The smallest absolute Gasteiger partial charge is 0.410 e. The maximum atomic E-state index is 13.6. The maximum absolute atomic E-state index is 13.6. The van der Waals surface area contributed by atoms with Crippen molar-refractivity contribution in [3.05, 3.63) is 36.0 Å². The van der Waals surface area contributed by atoms with Gasteiger partial charge < -0.3 is 28.6 Å². The summed E-state index contributed by atoms with van der Waals surface area (Å²) >= 11 is 0. The lowest BCUT2D eigenvalue weighted by Crippen LogP contribution is -2.53. The molecule has 1 aromatic heterocycles. The molecule has 1 aromatic carbocycles. The van der Waals surface area contributed by atoms with Gasteiger partial charge in [-0.05, 0) is 58.6 Å². The zero-order valence-corrected chi connectivity index (χ0v) is 21.7. The monoisotopic (exact) mass is 485 g/mol. The molecule has 0 spiro atoms. The van der Waals surface area contributed by atoms with Gasteiger partial charge in [0.05, 0.1) is 19.3 Å². The summed E-state index contributed by atoms with van der Waals surface area (Å²) in [6.07, 6.45) is 4.19. The van der Waals surface area contributed by atoms with E-state index in [-0.39, 0.29) is 24.6 Å². The fourth-order valence-corrected chi connectivity index (χ4v) is 4.51. The van der Waals surface area contributed by atoms with Crippen molar-refractivity contribution in [1.29, 1.82) is 0 Å². The number of nitrogens with zero attached hydrogens (tertiary/aromatic N) is 3. The largest absolute Gasteiger partial charge is 0.444 e. The van der Waals surface area contributed by atoms with Gasteiger partial charge in [0.2, 0.25) is 0 Å². The van der Waals surface area contributed by atoms with Gasteiger partial charge in [0, 0.05) is 49.9 Å². The average molecular weight is 486 g/mol. The summed E-state index contributed by atoms with van der Waals surface area (Å²) in [5, 5.41) is 1.16. The molecular weight excluding hydrogens is 446 g/mol. The molecule has 2 aromatic rings. The van der Waals surface area contributed by atoms with E-state index < -0.39 is 17.8 Å². The number of ether oxygens (including phenoxy) is 3. The van der Waals surface area contributed by atoms with E-state index in [4.69, 9.17) is 14.2 Å². The molecule has 192 valence electrons. The Morgan fingerprint density at radius 3 is 2.66 bits per heavy atom. The Morgan fingerprint density at radius 2 is 1.97 bits per heavy atom. The SMILES string of the molecule is COC(C)CCn1cc(CN(C(=O)C2CN(C(=O)OC(C)(C)C)CCO2)C2CC2)c2ccccc21. The molecule has 8 heteroatoms. The highest BCUT2D eigenvalue weighted by molar-refractivity contribution is 5.86. The molecule has 0 N–H and O–H groups in total. The van der Waals surface area contributed by atoms with Crippen molar-refractivity contribution in [2.24, 2.45) is 0 Å². The van der Waals surface area contributed by atoms with Crippen LogP contribution in [0.4, 0.5) is 4.79 Å². The first kappa shape index (κ1) is 25.5. The van der Waals surface area contributed by atoms with Gasteiger partial charge in [-0.1, -0.05) is 18.2 Å². The number of rotatable bonds is 8. The summed E-state index contributed by atoms with van der Waals surface area (Å²) < 4.78 is 19.1. The predicted octanol–water partition coefficient (Wildman–Crippen LogP) is 4.19. The molecule has 0 bridgehead atoms. The molecule has 2 atom stereocenters. The third-order valence-corrected chi connectivity index (χ3v) is 6.65. The van der Waals surface area contributed by atoms with Crippen LogP contribution in [0.15, 0.2) is 30.5 Å². The molecule has 0 radical (unpaired) electrons. The molecule has 1 aliphatic heterocycles. The number of para-hydroxylation sites is 1. The van der Waals surface area contributed by atoms with E-state index >= 15 is 0 Å². The molecule has 1 saturated carbocycles. The lowest BCUT2D eigenvalue weighted by Gasteiger charge is -2.35. The van der Waals surface area contributed by atoms with Crippen LogP contribution in [0.3, 0.4) is 0 Å². The van der Waals surface area contributed by atoms with Gasteiger partial charge in [-0.25, -0.2) is 4.79 Å². The van der Waals surface area contributed by atoms with Crippen LogP contribution in [0.5, 0.6) is 0 Å². The Bertz CT molecular complexity index is 1040. The normalized spacial score (nSPS) is 19.6. The minimum atomic E-state index is -0.673. The number of fused-ring (bicyclic) bond motifs is 1. The molecule has 2 unspecified atom stereocenters. The number of hydrogen-bond acceptors (Lipinski definition) is 5. The Labute approximate surface area is 208 Å². The summed E-state index contributed by atoms with van der Waals surface area (Å²) in [4.78, 5) is 29.8. The van der Waals surface area contributed by atoms with Crippen molar-refractivity contribution >= 4 is 22.9 Å². The van der Waals surface area contributed by atoms with Crippen LogP contribution in [0, 0.1) is 0 Å². The van der Waals surface area contributed by atoms with E-state index in [2.05, 4.69) is 29.8 Å².